The smallest absolute Gasteiger partial charge is 0.193 e. The second-order valence-electron chi connectivity index (χ2n) is 7.24. The second kappa shape index (κ2) is 8.76. The lowest BCUT2D eigenvalue weighted by molar-refractivity contribution is 0.253. The van der Waals surface area contributed by atoms with Crippen molar-refractivity contribution in [3.05, 3.63) is 0 Å². The highest BCUT2D eigenvalue weighted by Gasteiger charge is 2.41. The molecule has 4 heteroatoms. The number of rotatable bonds is 7. The van der Waals surface area contributed by atoms with Gasteiger partial charge >= 0.3 is 0 Å². The van der Waals surface area contributed by atoms with Crippen LogP contribution in [0.4, 0.5) is 0 Å². The van der Waals surface area contributed by atoms with E-state index in [1.54, 1.807) is 0 Å². The Hall–Kier alpha value is -0.770. The molecule has 0 aromatic carbocycles. The Morgan fingerprint density at radius 2 is 2.00 bits per heavy atom. The molecule has 128 valence electrons. The van der Waals surface area contributed by atoms with Gasteiger partial charge in [-0.3, -0.25) is 4.99 Å². The number of likely N-dealkylation sites (tertiary alicyclic amines) is 1. The monoisotopic (exact) mass is 309 g/mol. The molecule has 2 aliphatic rings. The molecule has 0 aromatic heterocycles. The molecule has 1 heterocycles. The maximum atomic E-state index is 9.21. The molecule has 1 atom stereocenters. The summed E-state index contributed by atoms with van der Waals surface area (Å²) in [6, 6.07) is 0. The van der Waals surface area contributed by atoms with E-state index in [2.05, 4.69) is 24.1 Å². The van der Waals surface area contributed by atoms with Gasteiger partial charge in [-0.15, -0.1) is 0 Å². The molecule has 1 saturated heterocycles. The highest BCUT2D eigenvalue weighted by molar-refractivity contribution is 5.80. The van der Waals surface area contributed by atoms with Gasteiger partial charge in [-0.25, -0.2) is 0 Å². The van der Waals surface area contributed by atoms with Crippen LogP contribution in [0.25, 0.3) is 0 Å². The molecule has 1 aliphatic carbocycles. The van der Waals surface area contributed by atoms with Crippen molar-refractivity contribution in [2.45, 2.75) is 65.2 Å². The van der Waals surface area contributed by atoms with Gasteiger partial charge in [0.15, 0.2) is 5.96 Å². The van der Waals surface area contributed by atoms with E-state index in [0.29, 0.717) is 11.3 Å². The number of aliphatic hydroxyl groups is 1. The minimum atomic E-state index is 0.281. The molecule has 4 nitrogen and oxygen atoms in total. The fourth-order valence-corrected chi connectivity index (χ4v) is 4.21. The molecule has 0 amide bonds. The lowest BCUT2D eigenvalue weighted by Crippen LogP contribution is -2.41. The van der Waals surface area contributed by atoms with Crippen LogP contribution in [0, 0.1) is 11.3 Å². The summed E-state index contributed by atoms with van der Waals surface area (Å²) in [5.74, 6) is 1.62. The highest BCUT2D eigenvalue weighted by Crippen LogP contribution is 2.45. The van der Waals surface area contributed by atoms with Gasteiger partial charge in [0.1, 0.15) is 0 Å². The summed E-state index contributed by atoms with van der Waals surface area (Å²) < 4.78 is 0. The van der Waals surface area contributed by atoms with Crippen LogP contribution in [-0.2, 0) is 0 Å². The molecule has 1 spiro atoms. The third kappa shape index (κ3) is 4.61. The van der Waals surface area contributed by atoms with E-state index in [1.165, 1.54) is 45.1 Å². The van der Waals surface area contributed by atoms with E-state index in [0.717, 1.165) is 38.4 Å². The average molecular weight is 309 g/mol. The molecule has 1 saturated carbocycles. The maximum Gasteiger partial charge on any atom is 0.193 e. The predicted molar refractivity (Wildman–Crippen MR) is 93.2 cm³/mol. The normalized spacial score (nSPS) is 22.5. The van der Waals surface area contributed by atoms with E-state index >= 15 is 0 Å². The number of hydrogen-bond donors (Lipinski definition) is 2. The Labute approximate surface area is 136 Å². The van der Waals surface area contributed by atoms with Crippen molar-refractivity contribution < 1.29 is 5.11 Å². The van der Waals surface area contributed by atoms with Gasteiger partial charge in [-0.1, -0.05) is 26.2 Å². The molecule has 1 unspecified atom stereocenters. The Kier molecular flexibility index (Phi) is 7.00. The number of nitrogens with one attached hydrogen (secondary N) is 1. The van der Waals surface area contributed by atoms with Gasteiger partial charge in [-0.05, 0) is 50.4 Å². The molecule has 2 rings (SSSR count). The Morgan fingerprint density at radius 3 is 2.64 bits per heavy atom. The van der Waals surface area contributed by atoms with E-state index in [4.69, 9.17) is 4.99 Å². The maximum absolute atomic E-state index is 9.21. The van der Waals surface area contributed by atoms with Crippen LogP contribution >= 0.6 is 0 Å². The predicted octanol–water partition coefficient (Wildman–Crippen LogP) is 3.02. The Morgan fingerprint density at radius 1 is 1.23 bits per heavy atom. The Bertz CT molecular complexity index is 344. The summed E-state index contributed by atoms with van der Waals surface area (Å²) >= 11 is 0. The SMILES string of the molecule is CCCC(CCO)CN=C(NCC)N1CCC2(CCCC2)C1. The second-order valence-corrected chi connectivity index (χ2v) is 7.24. The molecule has 2 N–H and O–H groups in total. The van der Waals surface area contributed by atoms with Crippen molar-refractivity contribution in [1.29, 1.82) is 0 Å². The van der Waals surface area contributed by atoms with Crippen LogP contribution < -0.4 is 5.32 Å². The lowest BCUT2D eigenvalue weighted by atomic mass is 9.86. The molecular weight excluding hydrogens is 274 g/mol. The number of aliphatic hydroxyl groups excluding tert-OH is 1. The minimum absolute atomic E-state index is 0.281. The lowest BCUT2D eigenvalue weighted by Gasteiger charge is -2.26. The van der Waals surface area contributed by atoms with Crippen molar-refractivity contribution >= 4 is 5.96 Å². The molecule has 0 aromatic rings. The fourth-order valence-electron chi connectivity index (χ4n) is 4.21. The van der Waals surface area contributed by atoms with Gasteiger partial charge in [0.2, 0.25) is 0 Å². The first-order valence-electron chi connectivity index (χ1n) is 9.37. The zero-order valence-electron chi connectivity index (χ0n) is 14.6. The zero-order chi connectivity index (χ0) is 15.8. The summed E-state index contributed by atoms with van der Waals surface area (Å²) in [6.45, 7) is 8.77. The first-order chi connectivity index (χ1) is 10.7. The van der Waals surface area contributed by atoms with Crippen molar-refractivity contribution in [1.82, 2.24) is 10.2 Å². The topological polar surface area (TPSA) is 47.9 Å². The van der Waals surface area contributed by atoms with Crippen molar-refractivity contribution in [2.75, 3.05) is 32.8 Å². The average Bonchev–Trinajstić information content (AvgIpc) is 3.14. The minimum Gasteiger partial charge on any atom is -0.396 e. The molecule has 0 radical (unpaired) electrons. The molecule has 2 fully saturated rings. The summed E-state index contributed by atoms with van der Waals surface area (Å²) in [5, 5.41) is 12.7. The first-order valence-corrected chi connectivity index (χ1v) is 9.37. The fraction of sp³-hybridized carbons (Fsp3) is 0.944. The van der Waals surface area contributed by atoms with Gasteiger partial charge in [0.25, 0.3) is 0 Å². The molecule has 0 bridgehead atoms. The molecular formula is C18H35N3O. The third-order valence-corrected chi connectivity index (χ3v) is 5.47. The molecule has 1 aliphatic heterocycles. The van der Waals surface area contributed by atoms with Crippen LogP contribution in [0.15, 0.2) is 4.99 Å². The van der Waals surface area contributed by atoms with Crippen LogP contribution in [-0.4, -0.2) is 48.8 Å². The van der Waals surface area contributed by atoms with E-state index in [-0.39, 0.29) is 6.61 Å². The standard InChI is InChI=1S/C18H35N3O/c1-3-7-16(8-13-22)14-20-17(19-4-2)21-12-11-18(15-21)9-5-6-10-18/h16,22H,3-15H2,1-2H3,(H,19,20). The van der Waals surface area contributed by atoms with E-state index < -0.39 is 0 Å². The van der Waals surface area contributed by atoms with Crippen LogP contribution in [0.1, 0.15) is 65.2 Å². The Balaban J connectivity index is 1.94. The highest BCUT2D eigenvalue weighted by atomic mass is 16.3. The zero-order valence-corrected chi connectivity index (χ0v) is 14.6. The summed E-state index contributed by atoms with van der Waals surface area (Å²) in [7, 11) is 0. The quantitative estimate of drug-likeness (QED) is 0.561. The van der Waals surface area contributed by atoms with E-state index in [1.807, 2.05) is 0 Å². The van der Waals surface area contributed by atoms with Gasteiger partial charge in [-0.2, -0.15) is 0 Å². The largest absolute Gasteiger partial charge is 0.396 e. The number of hydrogen-bond acceptors (Lipinski definition) is 2. The van der Waals surface area contributed by atoms with Gasteiger partial charge in [0.05, 0.1) is 0 Å². The van der Waals surface area contributed by atoms with Crippen LogP contribution in [0.2, 0.25) is 0 Å². The van der Waals surface area contributed by atoms with Gasteiger partial charge in [0, 0.05) is 32.8 Å². The van der Waals surface area contributed by atoms with Gasteiger partial charge < -0.3 is 15.3 Å². The first kappa shape index (κ1) is 17.6. The van der Waals surface area contributed by atoms with Crippen LogP contribution in [0.5, 0.6) is 0 Å². The summed E-state index contributed by atoms with van der Waals surface area (Å²) in [6.07, 6.45) is 10.2. The van der Waals surface area contributed by atoms with Crippen molar-refractivity contribution in [2.24, 2.45) is 16.3 Å². The van der Waals surface area contributed by atoms with E-state index in [9.17, 15) is 5.11 Å². The summed E-state index contributed by atoms with van der Waals surface area (Å²) in [5.41, 5.74) is 0.587. The molecule has 22 heavy (non-hydrogen) atoms. The number of guanidine groups is 1. The third-order valence-electron chi connectivity index (χ3n) is 5.47. The van der Waals surface area contributed by atoms with Crippen molar-refractivity contribution in [3.8, 4) is 0 Å². The van der Waals surface area contributed by atoms with Crippen LogP contribution in [0.3, 0.4) is 0 Å². The summed E-state index contributed by atoms with van der Waals surface area (Å²) in [4.78, 5) is 7.39. The number of nitrogens with zero attached hydrogens (tertiary/aromatic N) is 2. The number of aliphatic imine (C=N–C) groups is 1. The van der Waals surface area contributed by atoms with Crippen molar-refractivity contribution in [3.63, 3.8) is 0 Å².